The Kier molecular flexibility index (Phi) is 8.57. The van der Waals surface area contributed by atoms with Crippen LogP contribution in [0, 0.1) is 0 Å². The average molecular weight is 407 g/mol. The Morgan fingerprint density at radius 2 is 1.96 bits per heavy atom. The summed E-state index contributed by atoms with van der Waals surface area (Å²) in [6, 6.07) is 15.3. The highest BCUT2D eigenvalue weighted by Crippen LogP contribution is 2.28. The van der Waals surface area contributed by atoms with Gasteiger partial charge in [0, 0.05) is 13.1 Å². The number of nitrogens with one attached hydrogen (secondary N) is 2. The standard InChI is InChI=1S/C21H26N2O4.ClH/c1-15-20(22-10-11-26-15)21(24)23-13-17-8-9-18(19(12-17)25-2)27-14-16-6-4-3-5-7-16;/h3-9,12,15,20,22H,10-11,13-14H2,1-2H3,(H,23,24);1H/t15-,20+;/m1./s1. The van der Waals surface area contributed by atoms with Gasteiger partial charge in [0.05, 0.1) is 19.8 Å². The number of morpholine rings is 1. The van der Waals surface area contributed by atoms with Crippen molar-refractivity contribution in [2.75, 3.05) is 20.3 Å². The first-order valence-electron chi connectivity index (χ1n) is 9.13. The van der Waals surface area contributed by atoms with Crippen LogP contribution in [0.1, 0.15) is 18.1 Å². The quantitative estimate of drug-likeness (QED) is 0.739. The van der Waals surface area contributed by atoms with Crippen LogP contribution < -0.4 is 20.1 Å². The molecule has 0 saturated carbocycles. The van der Waals surface area contributed by atoms with Gasteiger partial charge in [-0.1, -0.05) is 36.4 Å². The zero-order valence-electron chi connectivity index (χ0n) is 16.1. The highest BCUT2D eigenvalue weighted by atomic mass is 35.5. The lowest BCUT2D eigenvalue weighted by molar-refractivity contribution is -0.129. The molecule has 1 aliphatic heterocycles. The van der Waals surface area contributed by atoms with Crippen LogP contribution in [0.5, 0.6) is 11.5 Å². The van der Waals surface area contributed by atoms with Crippen molar-refractivity contribution in [3.63, 3.8) is 0 Å². The summed E-state index contributed by atoms with van der Waals surface area (Å²) in [5.41, 5.74) is 2.03. The monoisotopic (exact) mass is 406 g/mol. The number of hydrogen-bond acceptors (Lipinski definition) is 5. The molecule has 6 nitrogen and oxygen atoms in total. The molecule has 1 saturated heterocycles. The van der Waals surface area contributed by atoms with Gasteiger partial charge in [-0.25, -0.2) is 0 Å². The van der Waals surface area contributed by atoms with Crippen molar-refractivity contribution < 1.29 is 19.0 Å². The molecule has 0 aromatic heterocycles. The fourth-order valence-electron chi connectivity index (χ4n) is 3.00. The van der Waals surface area contributed by atoms with Crippen LogP contribution in [0.2, 0.25) is 0 Å². The number of ether oxygens (including phenoxy) is 3. The number of hydrogen-bond donors (Lipinski definition) is 2. The van der Waals surface area contributed by atoms with E-state index < -0.39 is 0 Å². The Morgan fingerprint density at radius 1 is 1.18 bits per heavy atom. The smallest absolute Gasteiger partial charge is 0.240 e. The molecular weight excluding hydrogens is 380 g/mol. The van der Waals surface area contributed by atoms with Crippen LogP contribution in [0.4, 0.5) is 0 Å². The van der Waals surface area contributed by atoms with E-state index in [9.17, 15) is 4.79 Å². The normalized spacial score (nSPS) is 18.6. The van der Waals surface area contributed by atoms with Crippen LogP contribution >= 0.6 is 12.4 Å². The zero-order valence-corrected chi connectivity index (χ0v) is 17.0. The van der Waals surface area contributed by atoms with Crippen LogP contribution in [0.25, 0.3) is 0 Å². The molecule has 2 N–H and O–H groups in total. The van der Waals surface area contributed by atoms with E-state index in [2.05, 4.69) is 10.6 Å². The zero-order chi connectivity index (χ0) is 19.1. The van der Waals surface area contributed by atoms with Crippen molar-refractivity contribution in [2.24, 2.45) is 0 Å². The Hall–Kier alpha value is -2.28. The van der Waals surface area contributed by atoms with E-state index in [1.54, 1.807) is 7.11 Å². The third-order valence-electron chi connectivity index (χ3n) is 4.53. The maximum Gasteiger partial charge on any atom is 0.240 e. The van der Waals surface area contributed by atoms with Crippen molar-refractivity contribution in [1.82, 2.24) is 10.6 Å². The number of methoxy groups -OCH3 is 1. The molecule has 0 aliphatic carbocycles. The fraction of sp³-hybridized carbons (Fsp3) is 0.381. The first-order chi connectivity index (χ1) is 13.2. The van der Waals surface area contributed by atoms with Crippen molar-refractivity contribution in [3.8, 4) is 11.5 Å². The molecule has 1 amide bonds. The summed E-state index contributed by atoms with van der Waals surface area (Å²) in [6.07, 6.45) is -0.137. The van der Waals surface area contributed by atoms with Crippen LogP contribution in [0.15, 0.2) is 48.5 Å². The summed E-state index contributed by atoms with van der Waals surface area (Å²) in [4.78, 5) is 12.4. The minimum Gasteiger partial charge on any atom is -0.493 e. The molecule has 28 heavy (non-hydrogen) atoms. The maximum atomic E-state index is 12.4. The van der Waals surface area contributed by atoms with Gasteiger partial charge in [-0.05, 0) is 30.2 Å². The largest absolute Gasteiger partial charge is 0.493 e. The molecule has 0 bridgehead atoms. The minimum absolute atomic E-state index is 0. The lowest BCUT2D eigenvalue weighted by atomic mass is 10.1. The molecule has 3 rings (SSSR count). The number of benzene rings is 2. The first kappa shape index (κ1) is 22.0. The summed E-state index contributed by atoms with van der Waals surface area (Å²) in [5, 5.41) is 6.14. The molecule has 0 spiro atoms. The predicted molar refractivity (Wildman–Crippen MR) is 110 cm³/mol. The summed E-state index contributed by atoms with van der Waals surface area (Å²) < 4.78 is 16.8. The van der Waals surface area contributed by atoms with Gasteiger partial charge in [0.25, 0.3) is 0 Å². The Balaban J connectivity index is 0.00000280. The molecule has 0 unspecified atom stereocenters. The second-order valence-electron chi connectivity index (χ2n) is 6.48. The van der Waals surface area contributed by atoms with Gasteiger partial charge in [-0.3, -0.25) is 4.79 Å². The van der Waals surface area contributed by atoms with E-state index in [1.165, 1.54) is 0 Å². The van der Waals surface area contributed by atoms with Gasteiger partial charge in [-0.15, -0.1) is 12.4 Å². The van der Waals surface area contributed by atoms with Crippen molar-refractivity contribution >= 4 is 18.3 Å². The third-order valence-corrected chi connectivity index (χ3v) is 4.53. The number of carbonyl (C=O) groups excluding carboxylic acids is 1. The average Bonchev–Trinajstić information content (AvgIpc) is 2.71. The molecular formula is C21H27ClN2O4. The SMILES string of the molecule is COc1cc(CNC(=O)[C@H]2NCCO[C@@H]2C)ccc1OCc1ccccc1.Cl. The summed E-state index contributed by atoms with van der Waals surface area (Å²) in [5.74, 6) is 1.25. The highest BCUT2D eigenvalue weighted by Gasteiger charge is 2.27. The van der Waals surface area contributed by atoms with Crippen molar-refractivity contribution in [3.05, 3.63) is 59.7 Å². The van der Waals surface area contributed by atoms with E-state index in [0.717, 1.165) is 11.1 Å². The van der Waals surface area contributed by atoms with E-state index >= 15 is 0 Å². The number of amides is 1. The molecule has 2 atom stereocenters. The third kappa shape index (κ3) is 5.86. The highest BCUT2D eigenvalue weighted by molar-refractivity contribution is 5.85. The molecule has 2 aromatic carbocycles. The minimum atomic E-state index is -0.325. The predicted octanol–water partition coefficient (Wildman–Crippen LogP) is 2.69. The van der Waals surface area contributed by atoms with Crippen molar-refractivity contribution in [2.45, 2.75) is 32.2 Å². The van der Waals surface area contributed by atoms with Gasteiger partial charge in [0.1, 0.15) is 12.6 Å². The molecule has 1 aliphatic rings. The molecule has 152 valence electrons. The van der Waals surface area contributed by atoms with Gasteiger partial charge in [0.15, 0.2) is 11.5 Å². The molecule has 1 fully saturated rings. The maximum absolute atomic E-state index is 12.4. The second kappa shape index (κ2) is 10.9. The van der Waals surface area contributed by atoms with Crippen LogP contribution in [0.3, 0.4) is 0 Å². The Labute approximate surface area is 172 Å². The Morgan fingerprint density at radius 3 is 2.68 bits per heavy atom. The summed E-state index contributed by atoms with van der Waals surface area (Å²) in [6.45, 7) is 4.10. The van der Waals surface area contributed by atoms with Gasteiger partial charge >= 0.3 is 0 Å². The lowest BCUT2D eigenvalue weighted by Gasteiger charge is -2.29. The number of halogens is 1. The summed E-state index contributed by atoms with van der Waals surface area (Å²) in [7, 11) is 1.61. The topological polar surface area (TPSA) is 68.8 Å². The van der Waals surface area contributed by atoms with Crippen molar-refractivity contribution in [1.29, 1.82) is 0 Å². The summed E-state index contributed by atoms with van der Waals surface area (Å²) >= 11 is 0. The van der Waals surface area contributed by atoms with Gasteiger partial charge in [-0.2, -0.15) is 0 Å². The van der Waals surface area contributed by atoms with Crippen LogP contribution in [-0.2, 0) is 22.7 Å². The van der Waals surface area contributed by atoms with E-state index in [1.807, 2.05) is 55.5 Å². The van der Waals surface area contributed by atoms with E-state index in [-0.39, 0.29) is 30.5 Å². The number of rotatable bonds is 7. The number of carbonyl (C=O) groups is 1. The molecule has 1 heterocycles. The Bertz CT molecular complexity index is 757. The molecule has 2 aromatic rings. The van der Waals surface area contributed by atoms with Gasteiger partial charge < -0.3 is 24.8 Å². The van der Waals surface area contributed by atoms with Gasteiger partial charge in [0.2, 0.25) is 5.91 Å². The molecule has 7 heteroatoms. The lowest BCUT2D eigenvalue weighted by Crippen LogP contribution is -2.55. The van der Waals surface area contributed by atoms with Crippen LogP contribution in [-0.4, -0.2) is 38.3 Å². The fourth-order valence-corrected chi connectivity index (χ4v) is 3.00. The molecule has 0 radical (unpaired) electrons. The van der Waals surface area contributed by atoms with E-state index in [0.29, 0.717) is 37.8 Å². The second-order valence-corrected chi connectivity index (χ2v) is 6.48. The first-order valence-corrected chi connectivity index (χ1v) is 9.13. The van der Waals surface area contributed by atoms with E-state index in [4.69, 9.17) is 14.2 Å².